The summed E-state index contributed by atoms with van der Waals surface area (Å²) in [6, 6.07) is 8.53. The summed E-state index contributed by atoms with van der Waals surface area (Å²) >= 11 is 0. The SMILES string of the molecule is CC1(C(=O)c2c[nH]c3ncc(-c4cccc(N5CCCC5)c4)nc23)CCCCCC1. The van der Waals surface area contributed by atoms with Crippen LogP contribution in [-0.2, 0) is 0 Å². The van der Waals surface area contributed by atoms with Crippen LogP contribution in [0.15, 0.2) is 36.7 Å². The van der Waals surface area contributed by atoms with Crippen molar-refractivity contribution in [3.63, 3.8) is 0 Å². The monoisotopic (exact) mass is 402 g/mol. The van der Waals surface area contributed by atoms with Gasteiger partial charge in [-0.3, -0.25) is 4.79 Å². The number of nitrogens with one attached hydrogen (secondary N) is 1. The Morgan fingerprint density at radius 1 is 1.07 bits per heavy atom. The first-order chi connectivity index (χ1) is 14.6. The standard InChI is InChI=1S/C25H30N4O/c1-25(11-4-2-3-5-12-25)23(30)20-16-26-24-22(20)28-21(17-27-24)18-9-8-10-19(15-18)29-13-6-7-14-29/h8-10,15-17H,2-7,11-14H2,1H3,(H,26,27). The fourth-order valence-electron chi connectivity index (χ4n) is 5.10. The molecule has 1 aromatic carbocycles. The van der Waals surface area contributed by atoms with Crippen LogP contribution in [0.25, 0.3) is 22.4 Å². The number of fused-ring (bicyclic) bond motifs is 1. The third kappa shape index (κ3) is 3.51. The minimum absolute atomic E-state index is 0.216. The van der Waals surface area contributed by atoms with E-state index in [4.69, 9.17) is 4.98 Å². The lowest BCUT2D eigenvalue weighted by Gasteiger charge is -2.25. The third-order valence-corrected chi connectivity index (χ3v) is 6.99. The van der Waals surface area contributed by atoms with Gasteiger partial charge in [-0.15, -0.1) is 0 Å². The molecule has 1 N–H and O–H groups in total. The molecular weight excluding hydrogens is 372 g/mol. The number of aromatic nitrogens is 3. The van der Waals surface area contributed by atoms with Crippen LogP contribution in [0.1, 0.15) is 68.6 Å². The lowest BCUT2D eigenvalue weighted by atomic mass is 9.76. The first-order valence-corrected chi connectivity index (χ1v) is 11.4. The van der Waals surface area contributed by atoms with Crippen LogP contribution in [0.3, 0.4) is 0 Å². The van der Waals surface area contributed by atoms with Gasteiger partial charge in [-0.2, -0.15) is 0 Å². The summed E-state index contributed by atoms with van der Waals surface area (Å²) in [5, 5.41) is 0. The Kier molecular flexibility index (Phi) is 5.05. The van der Waals surface area contributed by atoms with E-state index in [9.17, 15) is 4.79 Å². The van der Waals surface area contributed by atoms with E-state index in [1.165, 1.54) is 31.4 Å². The molecule has 156 valence electrons. The average molecular weight is 403 g/mol. The molecule has 0 radical (unpaired) electrons. The van der Waals surface area contributed by atoms with Gasteiger partial charge in [-0.1, -0.05) is 44.7 Å². The fourth-order valence-corrected chi connectivity index (χ4v) is 5.10. The smallest absolute Gasteiger partial charge is 0.172 e. The van der Waals surface area contributed by atoms with Crippen molar-refractivity contribution in [1.82, 2.24) is 15.0 Å². The molecule has 2 aromatic heterocycles. The maximum atomic E-state index is 13.5. The molecule has 0 amide bonds. The molecule has 0 bridgehead atoms. The summed E-state index contributed by atoms with van der Waals surface area (Å²) in [7, 11) is 0. The fraction of sp³-hybridized carbons (Fsp3) is 0.480. The number of anilines is 1. The Bertz CT molecular complexity index is 1060. The molecule has 3 aromatic rings. The van der Waals surface area contributed by atoms with Crippen LogP contribution >= 0.6 is 0 Å². The first kappa shape index (κ1) is 19.3. The molecule has 3 heterocycles. The van der Waals surface area contributed by atoms with E-state index in [0.717, 1.165) is 50.0 Å². The number of carbonyl (C=O) groups is 1. The minimum Gasteiger partial charge on any atom is -0.372 e. The number of ketones is 1. The van der Waals surface area contributed by atoms with Gasteiger partial charge < -0.3 is 9.88 Å². The van der Waals surface area contributed by atoms with E-state index >= 15 is 0 Å². The molecule has 2 aliphatic rings. The molecule has 1 saturated heterocycles. The third-order valence-electron chi connectivity index (χ3n) is 6.99. The zero-order valence-electron chi connectivity index (χ0n) is 17.8. The number of H-pyrrole nitrogens is 1. The van der Waals surface area contributed by atoms with Crippen LogP contribution in [0.2, 0.25) is 0 Å². The predicted octanol–water partition coefficient (Wildman–Crippen LogP) is 5.77. The van der Waals surface area contributed by atoms with Gasteiger partial charge in [-0.25, -0.2) is 9.97 Å². The number of hydrogen-bond donors (Lipinski definition) is 1. The van der Waals surface area contributed by atoms with Crippen LogP contribution in [0.4, 0.5) is 5.69 Å². The Balaban J connectivity index is 1.50. The van der Waals surface area contributed by atoms with E-state index in [-0.39, 0.29) is 11.2 Å². The Labute approximate surface area is 177 Å². The van der Waals surface area contributed by atoms with Crippen molar-refractivity contribution < 1.29 is 4.79 Å². The summed E-state index contributed by atoms with van der Waals surface area (Å²) in [5.74, 6) is 0.216. The highest BCUT2D eigenvalue weighted by molar-refractivity contribution is 6.08. The quantitative estimate of drug-likeness (QED) is 0.445. The lowest BCUT2D eigenvalue weighted by Crippen LogP contribution is -2.27. The molecule has 5 rings (SSSR count). The highest BCUT2D eigenvalue weighted by atomic mass is 16.1. The second kappa shape index (κ2) is 7.86. The predicted molar refractivity (Wildman–Crippen MR) is 121 cm³/mol. The van der Waals surface area contributed by atoms with E-state index in [1.807, 2.05) is 12.4 Å². The van der Waals surface area contributed by atoms with Gasteiger partial charge in [0.2, 0.25) is 0 Å². The molecule has 5 nitrogen and oxygen atoms in total. The molecule has 1 aliphatic heterocycles. The Hall–Kier alpha value is -2.69. The zero-order chi connectivity index (χ0) is 20.6. The van der Waals surface area contributed by atoms with E-state index in [2.05, 4.69) is 46.1 Å². The Morgan fingerprint density at radius 2 is 1.83 bits per heavy atom. The summed E-state index contributed by atoms with van der Waals surface area (Å²) in [6.45, 7) is 4.36. The average Bonchev–Trinajstić information content (AvgIpc) is 3.40. The Morgan fingerprint density at radius 3 is 2.60 bits per heavy atom. The number of hydrogen-bond acceptors (Lipinski definition) is 4. The minimum atomic E-state index is -0.293. The van der Waals surface area contributed by atoms with Crippen molar-refractivity contribution in [1.29, 1.82) is 0 Å². The molecular formula is C25H30N4O. The second-order valence-electron chi connectivity index (χ2n) is 9.20. The van der Waals surface area contributed by atoms with Gasteiger partial charge >= 0.3 is 0 Å². The van der Waals surface area contributed by atoms with Gasteiger partial charge in [-0.05, 0) is 37.8 Å². The van der Waals surface area contributed by atoms with Gasteiger partial charge in [0.15, 0.2) is 11.4 Å². The first-order valence-electron chi connectivity index (χ1n) is 11.4. The molecule has 2 fully saturated rings. The normalized spacial score (nSPS) is 19.2. The number of carbonyl (C=O) groups excluding carboxylic acids is 1. The van der Waals surface area contributed by atoms with Gasteiger partial charge in [0.25, 0.3) is 0 Å². The summed E-state index contributed by atoms with van der Waals surface area (Å²) in [5.41, 5.74) is 4.91. The van der Waals surface area contributed by atoms with Crippen molar-refractivity contribution in [2.24, 2.45) is 5.41 Å². The largest absolute Gasteiger partial charge is 0.372 e. The van der Waals surface area contributed by atoms with Crippen LogP contribution in [0, 0.1) is 5.41 Å². The number of benzene rings is 1. The van der Waals surface area contributed by atoms with Crippen molar-refractivity contribution in [3.05, 3.63) is 42.2 Å². The maximum absolute atomic E-state index is 13.5. The van der Waals surface area contributed by atoms with Crippen molar-refractivity contribution in [2.45, 2.75) is 58.3 Å². The van der Waals surface area contributed by atoms with Crippen molar-refractivity contribution in [3.8, 4) is 11.3 Å². The van der Waals surface area contributed by atoms with E-state index in [1.54, 1.807) is 0 Å². The molecule has 5 heteroatoms. The summed E-state index contributed by atoms with van der Waals surface area (Å²) in [6.07, 6.45) is 12.8. The summed E-state index contributed by atoms with van der Waals surface area (Å²) < 4.78 is 0. The number of nitrogens with zero attached hydrogens (tertiary/aromatic N) is 3. The van der Waals surface area contributed by atoms with Crippen molar-refractivity contribution in [2.75, 3.05) is 18.0 Å². The zero-order valence-corrected chi connectivity index (χ0v) is 17.8. The van der Waals surface area contributed by atoms with Crippen LogP contribution in [-0.4, -0.2) is 33.8 Å². The van der Waals surface area contributed by atoms with E-state index < -0.39 is 0 Å². The van der Waals surface area contributed by atoms with Gasteiger partial charge in [0, 0.05) is 36.0 Å². The summed E-state index contributed by atoms with van der Waals surface area (Å²) in [4.78, 5) is 28.6. The maximum Gasteiger partial charge on any atom is 0.172 e. The second-order valence-corrected chi connectivity index (χ2v) is 9.20. The van der Waals surface area contributed by atoms with Crippen LogP contribution in [0.5, 0.6) is 0 Å². The molecule has 0 spiro atoms. The molecule has 30 heavy (non-hydrogen) atoms. The van der Waals surface area contributed by atoms with Crippen LogP contribution < -0.4 is 4.90 Å². The van der Waals surface area contributed by atoms with E-state index in [0.29, 0.717) is 16.7 Å². The lowest BCUT2D eigenvalue weighted by molar-refractivity contribution is 0.0792. The number of rotatable bonds is 4. The topological polar surface area (TPSA) is 61.9 Å². The van der Waals surface area contributed by atoms with Gasteiger partial charge in [0.05, 0.1) is 17.5 Å². The highest BCUT2D eigenvalue weighted by Crippen LogP contribution is 2.38. The molecule has 1 saturated carbocycles. The van der Waals surface area contributed by atoms with Crippen molar-refractivity contribution >= 4 is 22.6 Å². The number of aromatic amines is 1. The molecule has 0 unspecified atom stereocenters. The molecule has 1 aliphatic carbocycles. The number of Topliss-reactive ketones (excluding diaryl/α,β-unsaturated/α-hetero) is 1. The highest BCUT2D eigenvalue weighted by Gasteiger charge is 2.35. The molecule has 0 atom stereocenters. The van der Waals surface area contributed by atoms with Gasteiger partial charge in [0.1, 0.15) is 5.52 Å².